The topological polar surface area (TPSA) is 62.3 Å². The van der Waals surface area contributed by atoms with Gasteiger partial charge in [-0.25, -0.2) is 4.98 Å². The Morgan fingerprint density at radius 3 is 2.74 bits per heavy atom. The molecule has 1 aliphatic heterocycles. The molecule has 1 aliphatic carbocycles. The zero-order valence-corrected chi connectivity index (χ0v) is 11.9. The first-order valence-electron chi connectivity index (χ1n) is 6.59. The maximum atomic E-state index is 12.1. The predicted molar refractivity (Wildman–Crippen MR) is 73.1 cm³/mol. The van der Waals surface area contributed by atoms with Gasteiger partial charge in [0.05, 0.1) is 11.6 Å². The van der Waals surface area contributed by atoms with E-state index in [1.54, 1.807) is 0 Å². The van der Waals surface area contributed by atoms with Crippen LogP contribution in [0.1, 0.15) is 29.8 Å². The zero-order valence-electron chi connectivity index (χ0n) is 11.1. The van der Waals surface area contributed by atoms with E-state index in [4.69, 9.17) is 0 Å². The lowest BCUT2D eigenvalue weighted by atomic mass is 10.1. The van der Waals surface area contributed by atoms with Crippen molar-refractivity contribution in [2.75, 3.05) is 11.9 Å². The Bertz CT molecular complexity index is 516. The minimum absolute atomic E-state index is 0.0785. The number of nitrogens with zero attached hydrogens (tertiary/aromatic N) is 2. The van der Waals surface area contributed by atoms with Gasteiger partial charge in [0.15, 0.2) is 5.13 Å². The second-order valence-corrected chi connectivity index (χ2v) is 6.53. The number of hydrogen-bond donors (Lipinski definition) is 1. The third kappa shape index (κ3) is 2.49. The molecule has 6 heteroatoms. The third-order valence-corrected chi connectivity index (χ3v) is 4.76. The largest absolute Gasteiger partial charge is 0.339 e. The Balaban J connectivity index is 1.63. The lowest BCUT2D eigenvalue weighted by molar-refractivity contribution is -0.128. The Labute approximate surface area is 116 Å². The first-order valence-corrected chi connectivity index (χ1v) is 7.40. The smallest absolute Gasteiger partial charge is 0.231 e. The van der Waals surface area contributed by atoms with Crippen LogP contribution < -0.4 is 5.32 Å². The van der Waals surface area contributed by atoms with Gasteiger partial charge in [-0.05, 0) is 26.7 Å². The minimum Gasteiger partial charge on any atom is -0.339 e. The first-order chi connectivity index (χ1) is 9.04. The van der Waals surface area contributed by atoms with Crippen molar-refractivity contribution in [3.63, 3.8) is 0 Å². The summed E-state index contributed by atoms with van der Waals surface area (Å²) in [5.74, 6) is -0.183. The van der Waals surface area contributed by atoms with Crippen molar-refractivity contribution < 1.29 is 9.59 Å². The van der Waals surface area contributed by atoms with Crippen molar-refractivity contribution in [2.45, 2.75) is 39.2 Å². The second-order valence-electron chi connectivity index (χ2n) is 5.33. The molecule has 3 rings (SSSR count). The van der Waals surface area contributed by atoms with Crippen LogP contribution in [0.25, 0.3) is 0 Å². The van der Waals surface area contributed by atoms with Gasteiger partial charge < -0.3 is 10.2 Å². The van der Waals surface area contributed by atoms with Gasteiger partial charge in [-0.2, -0.15) is 0 Å². The second kappa shape index (κ2) is 4.59. The molecule has 2 amide bonds. The molecule has 1 aromatic rings. The fourth-order valence-corrected chi connectivity index (χ4v) is 3.20. The molecule has 2 fully saturated rings. The number of aryl methyl sites for hydroxylation is 2. The molecule has 2 heterocycles. The van der Waals surface area contributed by atoms with Gasteiger partial charge in [-0.15, -0.1) is 11.3 Å². The number of anilines is 1. The summed E-state index contributed by atoms with van der Waals surface area (Å²) in [5, 5.41) is 3.47. The molecule has 1 saturated carbocycles. The van der Waals surface area contributed by atoms with Crippen LogP contribution in [-0.2, 0) is 9.59 Å². The number of carbonyl (C=O) groups excluding carboxylic acids is 2. The number of thiazole rings is 1. The fourth-order valence-electron chi connectivity index (χ4n) is 2.38. The summed E-state index contributed by atoms with van der Waals surface area (Å²) in [6.45, 7) is 4.48. The molecule has 1 N–H and O–H groups in total. The summed E-state index contributed by atoms with van der Waals surface area (Å²) in [6.07, 6.45) is 2.52. The number of likely N-dealkylation sites (tertiary alicyclic amines) is 1. The molecule has 1 aromatic heterocycles. The molecule has 2 aliphatic rings. The molecule has 1 atom stereocenters. The Morgan fingerprint density at radius 2 is 2.16 bits per heavy atom. The lowest BCUT2D eigenvalue weighted by Crippen LogP contribution is -2.29. The number of amides is 2. The van der Waals surface area contributed by atoms with Crippen LogP contribution in [0.3, 0.4) is 0 Å². The van der Waals surface area contributed by atoms with Gasteiger partial charge in [-0.3, -0.25) is 9.59 Å². The number of nitrogens with one attached hydrogen (secondary N) is 1. The third-order valence-electron chi connectivity index (χ3n) is 3.78. The van der Waals surface area contributed by atoms with E-state index in [9.17, 15) is 9.59 Å². The van der Waals surface area contributed by atoms with Crippen molar-refractivity contribution in [1.29, 1.82) is 0 Å². The van der Waals surface area contributed by atoms with Crippen LogP contribution in [0.4, 0.5) is 5.13 Å². The highest BCUT2D eigenvalue weighted by Crippen LogP contribution is 2.33. The standard InChI is InChI=1S/C13H17N3O2S/c1-7-8(2)19-13(14-7)15-12(18)9-5-11(17)16(6-9)10-3-4-10/h9-10H,3-6H2,1-2H3,(H,14,15,18). The van der Waals surface area contributed by atoms with Gasteiger partial charge in [0, 0.05) is 23.9 Å². The zero-order chi connectivity index (χ0) is 13.6. The van der Waals surface area contributed by atoms with Crippen molar-refractivity contribution in [3.05, 3.63) is 10.6 Å². The Kier molecular flexibility index (Phi) is 3.05. The van der Waals surface area contributed by atoms with Crippen LogP contribution in [0.2, 0.25) is 0 Å². The maximum absolute atomic E-state index is 12.1. The van der Waals surface area contributed by atoms with E-state index in [2.05, 4.69) is 10.3 Å². The molecule has 1 unspecified atom stereocenters. The highest BCUT2D eigenvalue weighted by molar-refractivity contribution is 7.15. The summed E-state index contributed by atoms with van der Waals surface area (Å²) >= 11 is 1.48. The van der Waals surface area contributed by atoms with Gasteiger partial charge in [0.25, 0.3) is 0 Å². The number of rotatable bonds is 3. The Hall–Kier alpha value is -1.43. The van der Waals surface area contributed by atoms with Gasteiger partial charge in [-0.1, -0.05) is 0 Å². The quantitative estimate of drug-likeness (QED) is 0.916. The molecule has 1 saturated heterocycles. The van der Waals surface area contributed by atoms with E-state index < -0.39 is 0 Å². The first kappa shape index (κ1) is 12.6. The number of aromatic nitrogens is 1. The molecule has 19 heavy (non-hydrogen) atoms. The maximum Gasteiger partial charge on any atom is 0.231 e. The van der Waals surface area contributed by atoms with E-state index >= 15 is 0 Å². The van der Waals surface area contributed by atoms with E-state index in [0.717, 1.165) is 23.4 Å². The molecule has 0 aromatic carbocycles. The summed E-state index contributed by atoms with van der Waals surface area (Å²) in [5.41, 5.74) is 0.947. The molecule has 5 nitrogen and oxygen atoms in total. The normalized spacial score (nSPS) is 22.9. The highest BCUT2D eigenvalue weighted by Gasteiger charge is 2.41. The monoisotopic (exact) mass is 279 g/mol. The molecule has 102 valence electrons. The SMILES string of the molecule is Cc1nc(NC(=O)C2CC(=O)N(C3CC3)C2)sc1C. The van der Waals surface area contributed by atoms with Crippen molar-refractivity contribution in [1.82, 2.24) is 9.88 Å². The van der Waals surface area contributed by atoms with Crippen LogP contribution >= 0.6 is 11.3 Å². The van der Waals surface area contributed by atoms with Crippen LogP contribution in [0, 0.1) is 19.8 Å². The van der Waals surface area contributed by atoms with Gasteiger partial charge >= 0.3 is 0 Å². The van der Waals surface area contributed by atoms with Crippen LogP contribution in [-0.4, -0.2) is 34.3 Å². The summed E-state index contributed by atoms with van der Waals surface area (Å²) in [7, 11) is 0. The molecule has 0 radical (unpaired) electrons. The van der Waals surface area contributed by atoms with E-state index in [0.29, 0.717) is 24.1 Å². The molecular weight excluding hydrogens is 262 g/mol. The lowest BCUT2D eigenvalue weighted by Gasteiger charge is -2.14. The summed E-state index contributed by atoms with van der Waals surface area (Å²) in [6, 6.07) is 0.398. The predicted octanol–water partition coefficient (Wildman–Crippen LogP) is 1.71. The van der Waals surface area contributed by atoms with E-state index in [-0.39, 0.29) is 17.7 Å². The Morgan fingerprint density at radius 1 is 1.42 bits per heavy atom. The minimum atomic E-state index is -0.224. The van der Waals surface area contributed by atoms with Crippen molar-refractivity contribution in [2.24, 2.45) is 5.92 Å². The fraction of sp³-hybridized carbons (Fsp3) is 0.615. The van der Waals surface area contributed by atoms with Crippen molar-refractivity contribution >= 4 is 28.3 Å². The average molecular weight is 279 g/mol. The molecule has 0 bridgehead atoms. The van der Waals surface area contributed by atoms with Gasteiger partial charge in [0.1, 0.15) is 0 Å². The molecular formula is C13H17N3O2S. The van der Waals surface area contributed by atoms with Crippen molar-refractivity contribution in [3.8, 4) is 0 Å². The summed E-state index contributed by atoms with van der Waals surface area (Å²) in [4.78, 5) is 31.2. The van der Waals surface area contributed by atoms with Gasteiger partial charge in [0.2, 0.25) is 11.8 Å². The van der Waals surface area contributed by atoms with Crippen LogP contribution in [0.15, 0.2) is 0 Å². The number of hydrogen-bond acceptors (Lipinski definition) is 4. The van der Waals surface area contributed by atoms with Crippen LogP contribution in [0.5, 0.6) is 0 Å². The summed E-state index contributed by atoms with van der Waals surface area (Å²) < 4.78 is 0. The van der Waals surface area contributed by atoms with E-state index in [1.807, 2.05) is 18.7 Å². The average Bonchev–Trinajstić information content (AvgIpc) is 3.04. The van der Waals surface area contributed by atoms with E-state index in [1.165, 1.54) is 11.3 Å². The number of carbonyl (C=O) groups is 2. The highest BCUT2D eigenvalue weighted by atomic mass is 32.1. The molecule has 0 spiro atoms.